The van der Waals surface area contributed by atoms with Gasteiger partial charge in [-0.05, 0) is 56.8 Å². The van der Waals surface area contributed by atoms with Gasteiger partial charge in [0.25, 0.3) is 0 Å². The van der Waals surface area contributed by atoms with Gasteiger partial charge in [0.1, 0.15) is 0 Å². The molecule has 19 heavy (non-hydrogen) atoms. The van der Waals surface area contributed by atoms with E-state index in [2.05, 4.69) is 65.9 Å². The van der Waals surface area contributed by atoms with Crippen LogP contribution in [0, 0.1) is 0 Å². The molecule has 0 atom stereocenters. The highest BCUT2D eigenvalue weighted by atomic mass is 15.1. The van der Waals surface area contributed by atoms with E-state index in [1.165, 1.54) is 17.1 Å². The van der Waals surface area contributed by atoms with Crippen molar-refractivity contribution in [2.75, 3.05) is 24.5 Å². The van der Waals surface area contributed by atoms with Crippen LogP contribution in [-0.2, 0) is 6.42 Å². The van der Waals surface area contributed by atoms with E-state index in [-0.39, 0.29) is 0 Å². The predicted octanol–water partition coefficient (Wildman–Crippen LogP) is 2.82. The lowest BCUT2D eigenvalue weighted by atomic mass is 10.2. The number of nitrogens with zero attached hydrogens (tertiary/aromatic N) is 2. The van der Waals surface area contributed by atoms with Crippen LogP contribution < -0.4 is 10.6 Å². The monoisotopic (exact) mass is 257 g/mol. The lowest BCUT2D eigenvalue weighted by molar-refractivity contribution is 0.861. The maximum Gasteiger partial charge on any atom is 0.0453 e. The van der Waals surface area contributed by atoms with Crippen molar-refractivity contribution in [2.24, 2.45) is 5.73 Å². The van der Waals surface area contributed by atoms with E-state index < -0.39 is 0 Å². The van der Waals surface area contributed by atoms with E-state index >= 15 is 0 Å². The molecule has 0 saturated heterocycles. The summed E-state index contributed by atoms with van der Waals surface area (Å²) in [6, 6.07) is 12.9. The normalized spacial score (nSPS) is 10.7. The summed E-state index contributed by atoms with van der Waals surface area (Å²) in [5, 5.41) is 0. The van der Waals surface area contributed by atoms with E-state index in [1.807, 2.05) is 0 Å². The van der Waals surface area contributed by atoms with Crippen LogP contribution in [0.15, 0.2) is 42.6 Å². The SMILES string of the molecule is CCN(CC)c1ccc(-n2cccc2CCN)cc1. The van der Waals surface area contributed by atoms with Gasteiger partial charge in [0.2, 0.25) is 0 Å². The van der Waals surface area contributed by atoms with Crippen molar-refractivity contribution < 1.29 is 0 Å². The minimum absolute atomic E-state index is 0.682. The van der Waals surface area contributed by atoms with Gasteiger partial charge in [-0.2, -0.15) is 0 Å². The molecule has 0 radical (unpaired) electrons. The summed E-state index contributed by atoms with van der Waals surface area (Å²) < 4.78 is 2.21. The molecule has 0 aliphatic heterocycles. The molecule has 0 aliphatic carbocycles. The fourth-order valence-corrected chi connectivity index (χ4v) is 2.43. The van der Waals surface area contributed by atoms with Crippen LogP contribution >= 0.6 is 0 Å². The fraction of sp³-hybridized carbons (Fsp3) is 0.375. The Hall–Kier alpha value is -1.74. The fourth-order valence-electron chi connectivity index (χ4n) is 2.43. The molecule has 1 heterocycles. The highest BCUT2D eigenvalue weighted by Gasteiger charge is 2.04. The standard InChI is InChI=1S/C16H23N3/c1-3-18(4-2)14-7-9-16(10-8-14)19-13-5-6-15(19)11-12-17/h5-10,13H,3-4,11-12,17H2,1-2H3. The van der Waals surface area contributed by atoms with Gasteiger partial charge in [-0.1, -0.05) is 0 Å². The Balaban J connectivity index is 2.24. The van der Waals surface area contributed by atoms with Crippen LogP contribution in [0.5, 0.6) is 0 Å². The van der Waals surface area contributed by atoms with Gasteiger partial charge in [0.05, 0.1) is 0 Å². The van der Waals surface area contributed by atoms with Crippen molar-refractivity contribution >= 4 is 5.69 Å². The molecule has 102 valence electrons. The number of rotatable bonds is 6. The number of nitrogens with two attached hydrogens (primary N) is 1. The third kappa shape index (κ3) is 2.99. The van der Waals surface area contributed by atoms with Gasteiger partial charge >= 0.3 is 0 Å². The van der Waals surface area contributed by atoms with E-state index in [1.54, 1.807) is 0 Å². The second-order valence-corrected chi connectivity index (χ2v) is 4.60. The van der Waals surface area contributed by atoms with Crippen LogP contribution in [0.4, 0.5) is 5.69 Å². The number of anilines is 1. The van der Waals surface area contributed by atoms with Crippen molar-refractivity contribution in [2.45, 2.75) is 20.3 Å². The van der Waals surface area contributed by atoms with Gasteiger partial charge in [0.15, 0.2) is 0 Å². The maximum absolute atomic E-state index is 5.65. The average Bonchev–Trinajstić information content (AvgIpc) is 2.90. The molecule has 1 aromatic carbocycles. The van der Waals surface area contributed by atoms with Crippen LogP contribution in [0.1, 0.15) is 19.5 Å². The summed E-state index contributed by atoms with van der Waals surface area (Å²) in [5.74, 6) is 0. The molecule has 2 aromatic rings. The van der Waals surface area contributed by atoms with Gasteiger partial charge < -0.3 is 15.2 Å². The highest BCUT2D eigenvalue weighted by Crippen LogP contribution is 2.19. The molecular formula is C16H23N3. The van der Waals surface area contributed by atoms with Gasteiger partial charge in [-0.25, -0.2) is 0 Å². The maximum atomic E-state index is 5.65. The first-order valence-corrected chi connectivity index (χ1v) is 7.01. The van der Waals surface area contributed by atoms with Crippen LogP contribution in [0.25, 0.3) is 5.69 Å². The Morgan fingerprint density at radius 3 is 2.32 bits per heavy atom. The first-order valence-electron chi connectivity index (χ1n) is 7.01. The lowest BCUT2D eigenvalue weighted by Gasteiger charge is -2.21. The van der Waals surface area contributed by atoms with Crippen molar-refractivity contribution in [3.8, 4) is 5.69 Å². The molecule has 3 heteroatoms. The van der Waals surface area contributed by atoms with E-state index in [4.69, 9.17) is 5.73 Å². The second kappa shape index (κ2) is 6.43. The zero-order valence-electron chi connectivity index (χ0n) is 11.8. The molecule has 2 N–H and O–H groups in total. The molecule has 0 spiro atoms. The number of hydrogen-bond donors (Lipinski definition) is 1. The smallest absolute Gasteiger partial charge is 0.0453 e. The lowest BCUT2D eigenvalue weighted by Crippen LogP contribution is -2.21. The summed E-state index contributed by atoms with van der Waals surface area (Å²) in [6.45, 7) is 7.13. The predicted molar refractivity (Wildman–Crippen MR) is 82.1 cm³/mol. The van der Waals surface area contributed by atoms with Gasteiger partial charge in [-0.3, -0.25) is 0 Å². The summed E-state index contributed by atoms with van der Waals surface area (Å²) in [5.41, 5.74) is 9.39. The molecule has 2 rings (SSSR count). The Morgan fingerprint density at radius 1 is 1.05 bits per heavy atom. The summed E-state index contributed by atoms with van der Waals surface area (Å²) in [7, 11) is 0. The number of aromatic nitrogens is 1. The van der Waals surface area contributed by atoms with Crippen molar-refractivity contribution in [1.82, 2.24) is 4.57 Å². The van der Waals surface area contributed by atoms with Crippen LogP contribution in [-0.4, -0.2) is 24.2 Å². The van der Waals surface area contributed by atoms with E-state index in [9.17, 15) is 0 Å². The van der Waals surface area contributed by atoms with Crippen LogP contribution in [0.3, 0.4) is 0 Å². The van der Waals surface area contributed by atoms with Crippen LogP contribution in [0.2, 0.25) is 0 Å². The number of hydrogen-bond acceptors (Lipinski definition) is 2. The van der Waals surface area contributed by atoms with E-state index in [0.29, 0.717) is 6.54 Å². The average molecular weight is 257 g/mol. The highest BCUT2D eigenvalue weighted by molar-refractivity contribution is 5.51. The zero-order chi connectivity index (χ0) is 13.7. The molecule has 0 fully saturated rings. The van der Waals surface area contributed by atoms with Gasteiger partial charge in [-0.15, -0.1) is 0 Å². The Kier molecular flexibility index (Phi) is 4.63. The summed E-state index contributed by atoms with van der Waals surface area (Å²) in [6.07, 6.45) is 3.00. The topological polar surface area (TPSA) is 34.2 Å². The molecule has 0 unspecified atom stereocenters. The third-order valence-electron chi connectivity index (χ3n) is 3.49. The summed E-state index contributed by atoms with van der Waals surface area (Å²) >= 11 is 0. The molecule has 0 saturated carbocycles. The zero-order valence-corrected chi connectivity index (χ0v) is 11.8. The quantitative estimate of drug-likeness (QED) is 0.863. The molecule has 0 aliphatic rings. The Bertz CT molecular complexity index is 495. The van der Waals surface area contributed by atoms with E-state index in [0.717, 1.165) is 19.5 Å². The second-order valence-electron chi connectivity index (χ2n) is 4.60. The molecule has 3 nitrogen and oxygen atoms in total. The third-order valence-corrected chi connectivity index (χ3v) is 3.49. The number of benzene rings is 1. The minimum Gasteiger partial charge on any atom is -0.372 e. The van der Waals surface area contributed by atoms with Gasteiger partial charge in [0, 0.05) is 42.8 Å². The first kappa shape index (κ1) is 13.7. The van der Waals surface area contributed by atoms with Crippen molar-refractivity contribution in [3.63, 3.8) is 0 Å². The van der Waals surface area contributed by atoms with Crippen molar-refractivity contribution in [1.29, 1.82) is 0 Å². The largest absolute Gasteiger partial charge is 0.372 e. The molecular weight excluding hydrogens is 234 g/mol. The molecule has 1 aromatic heterocycles. The molecule has 0 bridgehead atoms. The molecule has 0 amide bonds. The Morgan fingerprint density at radius 2 is 1.74 bits per heavy atom. The van der Waals surface area contributed by atoms with Crippen molar-refractivity contribution in [3.05, 3.63) is 48.3 Å². The first-order chi connectivity index (χ1) is 9.30. The minimum atomic E-state index is 0.682. The Labute approximate surface area is 115 Å². The summed E-state index contributed by atoms with van der Waals surface area (Å²) in [4.78, 5) is 2.35.